The Hall–Kier alpha value is -3.06. The van der Waals surface area contributed by atoms with Gasteiger partial charge in [-0.15, -0.1) is 0 Å². The Balaban J connectivity index is 1.82. The smallest absolute Gasteiger partial charge is 0.307 e. The zero-order chi connectivity index (χ0) is 21.7. The van der Waals surface area contributed by atoms with Gasteiger partial charge in [-0.05, 0) is 48.9 Å². The lowest BCUT2D eigenvalue weighted by Crippen LogP contribution is -2.32. The number of ether oxygens (including phenoxy) is 1. The van der Waals surface area contributed by atoms with Crippen LogP contribution in [0.15, 0.2) is 58.7 Å². The second-order valence-electron chi connectivity index (χ2n) is 7.28. The van der Waals surface area contributed by atoms with Crippen molar-refractivity contribution in [2.45, 2.75) is 26.4 Å². The number of hydrogen-bond donors (Lipinski definition) is 0. The average Bonchev–Trinajstić information content (AvgIpc) is 3.08. The molecule has 0 aliphatic heterocycles. The van der Waals surface area contributed by atoms with Crippen LogP contribution in [-0.4, -0.2) is 31.7 Å². The molecule has 0 atom stereocenters. The van der Waals surface area contributed by atoms with E-state index in [4.69, 9.17) is 4.74 Å². The van der Waals surface area contributed by atoms with Gasteiger partial charge in [0.2, 0.25) is 5.91 Å². The molecule has 1 aromatic heterocycles. The Morgan fingerprint density at radius 3 is 2.20 bits per heavy atom. The normalized spacial score (nSPS) is 10.7. The Kier molecular flexibility index (Phi) is 6.95. The lowest BCUT2D eigenvalue weighted by molar-refractivity contribution is -0.119. The molecule has 0 saturated heterocycles. The van der Waals surface area contributed by atoms with Gasteiger partial charge in [0, 0.05) is 49.5 Å². The van der Waals surface area contributed by atoms with Gasteiger partial charge in [0.1, 0.15) is 5.75 Å². The summed E-state index contributed by atoms with van der Waals surface area (Å²) in [7, 11) is 5.61. The van der Waals surface area contributed by atoms with Crippen LogP contribution in [0.4, 0.5) is 11.4 Å². The highest BCUT2D eigenvalue weighted by atomic mass is 32.1. The fourth-order valence-corrected chi connectivity index (χ4v) is 3.95. The molecular weight excluding hydrogens is 398 g/mol. The molecule has 0 bridgehead atoms. The van der Waals surface area contributed by atoms with E-state index in [9.17, 15) is 9.59 Å². The number of thiazole rings is 1. The number of aromatic nitrogens is 1. The van der Waals surface area contributed by atoms with Gasteiger partial charge in [-0.2, -0.15) is 0 Å². The Morgan fingerprint density at radius 2 is 1.67 bits per heavy atom. The zero-order valence-electron chi connectivity index (χ0n) is 17.8. The van der Waals surface area contributed by atoms with E-state index in [1.165, 1.54) is 0 Å². The van der Waals surface area contributed by atoms with Crippen LogP contribution in [0.2, 0.25) is 0 Å². The van der Waals surface area contributed by atoms with Gasteiger partial charge in [-0.25, -0.2) is 0 Å². The zero-order valence-corrected chi connectivity index (χ0v) is 18.6. The lowest BCUT2D eigenvalue weighted by Gasteiger charge is -2.24. The number of amides is 1. The molecule has 0 aliphatic carbocycles. The molecule has 0 radical (unpaired) electrons. The molecule has 0 unspecified atom stereocenters. The first-order valence-corrected chi connectivity index (χ1v) is 10.6. The van der Waals surface area contributed by atoms with Crippen molar-refractivity contribution in [2.75, 3.05) is 31.0 Å². The minimum atomic E-state index is -0.0330. The van der Waals surface area contributed by atoms with Crippen molar-refractivity contribution in [1.82, 2.24) is 4.57 Å². The Bertz CT molecular complexity index is 1040. The third kappa shape index (κ3) is 5.10. The quantitative estimate of drug-likeness (QED) is 0.549. The molecule has 0 saturated carbocycles. The molecule has 0 N–H and O–H groups in total. The monoisotopic (exact) mass is 425 g/mol. The maximum atomic E-state index is 13.2. The molecule has 1 amide bonds. The lowest BCUT2D eigenvalue weighted by atomic mass is 10.1. The molecule has 30 heavy (non-hydrogen) atoms. The third-order valence-corrected chi connectivity index (χ3v) is 5.89. The molecule has 0 fully saturated rings. The first-order chi connectivity index (χ1) is 14.4. The van der Waals surface area contributed by atoms with Crippen LogP contribution in [0.5, 0.6) is 5.75 Å². The molecule has 158 valence electrons. The van der Waals surface area contributed by atoms with Crippen LogP contribution in [-0.2, 0) is 17.9 Å². The van der Waals surface area contributed by atoms with Crippen LogP contribution in [0.3, 0.4) is 0 Å². The average molecular weight is 426 g/mol. The van der Waals surface area contributed by atoms with Gasteiger partial charge < -0.3 is 19.1 Å². The topological polar surface area (TPSA) is 54.8 Å². The van der Waals surface area contributed by atoms with E-state index in [0.29, 0.717) is 13.1 Å². The van der Waals surface area contributed by atoms with E-state index in [1.807, 2.05) is 79.8 Å². The number of rotatable bonds is 8. The largest absolute Gasteiger partial charge is 0.497 e. The Labute approximate surface area is 180 Å². The van der Waals surface area contributed by atoms with Crippen LogP contribution in [0.25, 0.3) is 0 Å². The van der Waals surface area contributed by atoms with Crippen LogP contribution in [0.1, 0.15) is 17.7 Å². The highest BCUT2D eigenvalue weighted by Crippen LogP contribution is 2.23. The van der Waals surface area contributed by atoms with Gasteiger partial charge in [0.05, 0.1) is 13.7 Å². The van der Waals surface area contributed by atoms with E-state index in [2.05, 4.69) is 0 Å². The van der Waals surface area contributed by atoms with Gasteiger partial charge in [-0.1, -0.05) is 23.5 Å². The molecular formula is C23H27N3O3S. The maximum absolute atomic E-state index is 13.2. The van der Waals surface area contributed by atoms with Crippen LogP contribution < -0.4 is 19.4 Å². The first kappa shape index (κ1) is 21.6. The predicted molar refractivity (Wildman–Crippen MR) is 123 cm³/mol. The SMILES string of the molecule is COc1ccc(N(Cc2ccc(N(C)C)cc2)C(=O)CCn2c(C)csc2=O)cc1. The summed E-state index contributed by atoms with van der Waals surface area (Å²) in [6.45, 7) is 2.71. The molecule has 3 rings (SSSR count). The number of aryl methyl sites for hydroxylation is 1. The minimum Gasteiger partial charge on any atom is -0.497 e. The predicted octanol–water partition coefficient (Wildman–Crippen LogP) is 3.92. The van der Waals surface area contributed by atoms with Gasteiger partial charge >= 0.3 is 4.87 Å². The number of anilines is 2. The molecule has 0 aliphatic rings. The van der Waals surface area contributed by atoms with E-state index in [0.717, 1.165) is 39.7 Å². The van der Waals surface area contributed by atoms with Crippen molar-refractivity contribution in [3.63, 3.8) is 0 Å². The second-order valence-corrected chi connectivity index (χ2v) is 8.10. The van der Waals surface area contributed by atoms with Crippen molar-refractivity contribution in [1.29, 1.82) is 0 Å². The maximum Gasteiger partial charge on any atom is 0.307 e. The second kappa shape index (κ2) is 9.63. The number of methoxy groups -OCH3 is 1. The van der Waals surface area contributed by atoms with Crippen molar-refractivity contribution < 1.29 is 9.53 Å². The number of nitrogens with zero attached hydrogens (tertiary/aromatic N) is 3. The molecule has 1 heterocycles. The molecule has 7 heteroatoms. The van der Waals surface area contributed by atoms with Crippen molar-refractivity contribution in [3.8, 4) is 5.75 Å². The first-order valence-electron chi connectivity index (χ1n) is 9.74. The number of carbonyl (C=O) groups is 1. The number of carbonyl (C=O) groups excluding carboxylic acids is 1. The number of benzene rings is 2. The summed E-state index contributed by atoms with van der Waals surface area (Å²) in [4.78, 5) is 28.9. The molecule has 3 aromatic rings. The highest BCUT2D eigenvalue weighted by Gasteiger charge is 2.17. The third-order valence-electron chi connectivity index (χ3n) is 5.00. The van der Waals surface area contributed by atoms with E-state index in [1.54, 1.807) is 16.6 Å². The molecule has 0 spiro atoms. The van der Waals surface area contributed by atoms with Crippen LogP contribution >= 0.6 is 11.3 Å². The van der Waals surface area contributed by atoms with Gasteiger partial charge in [0.15, 0.2) is 0 Å². The fraction of sp³-hybridized carbons (Fsp3) is 0.304. The minimum absolute atomic E-state index is 0.0319. The fourth-order valence-electron chi connectivity index (χ4n) is 3.18. The van der Waals surface area contributed by atoms with Crippen molar-refractivity contribution >= 4 is 28.6 Å². The van der Waals surface area contributed by atoms with E-state index < -0.39 is 0 Å². The summed E-state index contributed by atoms with van der Waals surface area (Å²) in [5.74, 6) is 0.705. The van der Waals surface area contributed by atoms with Gasteiger partial charge in [-0.3, -0.25) is 9.59 Å². The Morgan fingerprint density at radius 1 is 1.03 bits per heavy atom. The molecule has 6 nitrogen and oxygen atoms in total. The van der Waals surface area contributed by atoms with E-state index >= 15 is 0 Å². The number of hydrogen-bond acceptors (Lipinski definition) is 5. The highest BCUT2D eigenvalue weighted by molar-refractivity contribution is 7.07. The summed E-state index contributed by atoms with van der Waals surface area (Å²) in [5.41, 5.74) is 3.82. The standard InChI is InChI=1S/C23H27N3O3S/c1-17-16-30-23(28)25(17)14-13-22(27)26(20-9-11-21(29-4)12-10-20)15-18-5-7-19(8-6-18)24(2)3/h5-12,16H,13-15H2,1-4H3. The summed E-state index contributed by atoms with van der Waals surface area (Å²) >= 11 is 1.16. The van der Waals surface area contributed by atoms with Crippen LogP contribution in [0, 0.1) is 6.92 Å². The molecule has 2 aromatic carbocycles. The van der Waals surface area contributed by atoms with Crippen molar-refractivity contribution in [2.24, 2.45) is 0 Å². The van der Waals surface area contributed by atoms with Crippen molar-refractivity contribution in [3.05, 3.63) is 74.8 Å². The summed E-state index contributed by atoms with van der Waals surface area (Å²) in [5, 5.41) is 1.82. The van der Waals surface area contributed by atoms with Gasteiger partial charge in [0.25, 0.3) is 0 Å². The van der Waals surface area contributed by atoms with E-state index in [-0.39, 0.29) is 17.2 Å². The summed E-state index contributed by atoms with van der Waals surface area (Å²) < 4.78 is 6.89. The summed E-state index contributed by atoms with van der Waals surface area (Å²) in [6, 6.07) is 15.6. The summed E-state index contributed by atoms with van der Waals surface area (Å²) in [6.07, 6.45) is 0.249.